The van der Waals surface area contributed by atoms with Crippen LogP contribution >= 0.6 is 0 Å². The van der Waals surface area contributed by atoms with Gasteiger partial charge >= 0.3 is 5.97 Å². The third kappa shape index (κ3) is 2.36. The monoisotopic (exact) mass is 247 g/mol. The molecule has 0 saturated carbocycles. The lowest BCUT2D eigenvalue weighted by atomic mass is 10.2. The van der Waals surface area contributed by atoms with Gasteiger partial charge in [-0.25, -0.2) is 4.98 Å². The van der Waals surface area contributed by atoms with Crippen LogP contribution in [0.5, 0.6) is 0 Å². The summed E-state index contributed by atoms with van der Waals surface area (Å²) in [6, 6.07) is 6.81. The molecule has 0 aliphatic rings. The Labute approximate surface area is 105 Å². The Morgan fingerprint density at radius 3 is 2.89 bits per heavy atom. The van der Waals surface area contributed by atoms with Gasteiger partial charge < -0.3 is 15.4 Å². The molecule has 0 aliphatic carbocycles. The van der Waals surface area contributed by atoms with Gasteiger partial charge in [0.2, 0.25) is 0 Å². The second kappa shape index (κ2) is 5.18. The molecule has 0 spiro atoms. The standard InChI is InChI=1S/C13H17N3O2/c1-2-5-12-15-10-6-3-4-7-11(10)16(12)8-9(14)13(17)18/h3-4,6-7,9H,2,5,8,14H2,1H3,(H,17,18). The van der Waals surface area contributed by atoms with Gasteiger partial charge in [-0.15, -0.1) is 0 Å². The van der Waals surface area contributed by atoms with Crippen LogP contribution < -0.4 is 5.73 Å². The second-order valence-electron chi connectivity index (χ2n) is 4.32. The van der Waals surface area contributed by atoms with Crippen LogP contribution in [0, 0.1) is 0 Å². The number of carboxylic acid groups (broad SMARTS) is 1. The second-order valence-corrected chi connectivity index (χ2v) is 4.32. The molecule has 2 rings (SSSR count). The lowest BCUT2D eigenvalue weighted by molar-refractivity contribution is -0.138. The zero-order chi connectivity index (χ0) is 13.1. The summed E-state index contributed by atoms with van der Waals surface area (Å²) in [5.41, 5.74) is 7.45. The van der Waals surface area contributed by atoms with Crippen molar-refractivity contribution in [1.29, 1.82) is 0 Å². The van der Waals surface area contributed by atoms with E-state index < -0.39 is 12.0 Å². The number of hydrogen-bond donors (Lipinski definition) is 2. The molecule has 1 unspecified atom stereocenters. The summed E-state index contributed by atoms with van der Waals surface area (Å²) >= 11 is 0. The van der Waals surface area contributed by atoms with Crippen LogP contribution in [0.15, 0.2) is 24.3 Å². The Bertz CT molecular complexity index is 562. The van der Waals surface area contributed by atoms with Gasteiger partial charge in [0, 0.05) is 6.42 Å². The van der Waals surface area contributed by atoms with E-state index in [9.17, 15) is 4.79 Å². The Hall–Kier alpha value is -1.88. The van der Waals surface area contributed by atoms with E-state index in [-0.39, 0.29) is 6.54 Å². The van der Waals surface area contributed by atoms with Gasteiger partial charge in [-0.3, -0.25) is 4.79 Å². The van der Waals surface area contributed by atoms with Crippen molar-refractivity contribution in [1.82, 2.24) is 9.55 Å². The topological polar surface area (TPSA) is 81.1 Å². The van der Waals surface area contributed by atoms with Gasteiger partial charge in [0.15, 0.2) is 0 Å². The molecule has 1 aromatic carbocycles. The third-order valence-electron chi connectivity index (χ3n) is 2.90. The third-order valence-corrected chi connectivity index (χ3v) is 2.90. The Morgan fingerprint density at radius 1 is 1.50 bits per heavy atom. The SMILES string of the molecule is CCCc1nc2ccccc2n1CC(N)C(=O)O. The summed E-state index contributed by atoms with van der Waals surface area (Å²) in [5.74, 6) is -0.0920. The van der Waals surface area contributed by atoms with Crippen molar-refractivity contribution < 1.29 is 9.90 Å². The molecule has 0 saturated heterocycles. The summed E-state index contributed by atoms with van der Waals surface area (Å²) in [7, 11) is 0. The zero-order valence-electron chi connectivity index (χ0n) is 10.3. The zero-order valence-corrected chi connectivity index (χ0v) is 10.3. The lowest BCUT2D eigenvalue weighted by Crippen LogP contribution is -2.35. The summed E-state index contributed by atoms with van der Waals surface area (Å²) in [5, 5.41) is 8.91. The number of nitrogens with zero attached hydrogens (tertiary/aromatic N) is 2. The van der Waals surface area contributed by atoms with Crippen LogP contribution in [-0.2, 0) is 17.8 Å². The summed E-state index contributed by atoms with van der Waals surface area (Å²) in [6.07, 6.45) is 1.78. The first kappa shape index (κ1) is 12.6. The maximum absolute atomic E-state index is 10.9. The number of aromatic nitrogens is 2. The number of benzene rings is 1. The van der Waals surface area contributed by atoms with Gasteiger partial charge in [-0.1, -0.05) is 19.1 Å². The Balaban J connectivity index is 2.44. The molecule has 0 bridgehead atoms. The molecule has 18 heavy (non-hydrogen) atoms. The van der Waals surface area contributed by atoms with E-state index in [2.05, 4.69) is 11.9 Å². The van der Waals surface area contributed by atoms with Gasteiger partial charge in [0.25, 0.3) is 0 Å². The van der Waals surface area contributed by atoms with Crippen LogP contribution in [0.25, 0.3) is 11.0 Å². The smallest absolute Gasteiger partial charge is 0.322 e. The number of para-hydroxylation sites is 2. The van der Waals surface area contributed by atoms with E-state index in [4.69, 9.17) is 10.8 Å². The molecule has 1 heterocycles. The minimum absolute atomic E-state index is 0.255. The fourth-order valence-electron chi connectivity index (χ4n) is 2.02. The number of hydrogen-bond acceptors (Lipinski definition) is 3. The fourth-order valence-corrected chi connectivity index (χ4v) is 2.02. The summed E-state index contributed by atoms with van der Waals surface area (Å²) in [4.78, 5) is 15.4. The molecule has 0 fully saturated rings. The molecule has 0 radical (unpaired) electrons. The van der Waals surface area contributed by atoms with Crippen molar-refractivity contribution in [2.45, 2.75) is 32.4 Å². The number of aliphatic carboxylic acids is 1. The molecule has 3 N–H and O–H groups in total. The number of rotatable bonds is 5. The van der Waals surface area contributed by atoms with Crippen LogP contribution in [-0.4, -0.2) is 26.7 Å². The first-order chi connectivity index (χ1) is 8.63. The minimum Gasteiger partial charge on any atom is -0.480 e. The molecule has 2 aromatic rings. The van der Waals surface area contributed by atoms with Crippen molar-refractivity contribution in [3.05, 3.63) is 30.1 Å². The van der Waals surface area contributed by atoms with Gasteiger partial charge in [-0.2, -0.15) is 0 Å². The predicted molar refractivity (Wildman–Crippen MR) is 69.3 cm³/mol. The molecular weight excluding hydrogens is 230 g/mol. The van der Waals surface area contributed by atoms with Crippen molar-refractivity contribution in [3.8, 4) is 0 Å². The molecule has 1 aromatic heterocycles. The number of nitrogens with two attached hydrogens (primary N) is 1. The molecule has 0 amide bonds. The van der Waals surface area contributed by atoms with Crippen molar-refractivity contribution >= 4 is 17.0 Å². The van der Waals surface area contributed by atoms with Crippen LogP contribution in [0.3, 0.4) is 0 Å². The van der Waals surface area contributed by atoms with Crippen LogP contribution in [0.4, 0.5) is 0 Å². The highest BCUT2D eigenvalue weighted by molar-refractivity contribution is 5.77. The van der Waals surface area contributed by atoms with E-state index in [1.165, 1.54) is 0 Å². The number of carbonyl (C=O) groups is 1. The van der Waals surface area contributed by atoms with E-state index in [1.807, 2.05) is 28.8 Å². The van der Waals surface area contributed by atoms with Gasteiger partial charge in [-0.05, 0) is 18.6 Å². The highest BCUT2D eigenvalue weighted by Gasteiger charge is 2.16. The highest BCUT2D eigenvalue weighted by Crippen LogP contribution is 2.17. The average molecular weight is 247 g/mol. The maximum atomic E-state index is 10.9. The average Bonchev–Trinajstić information content (AvgIpc) is 2.68. The molecule has 5 nitrogen and oxygen atoms in total. The van der Waals surface area contributed by atoms with Crippen molar-refractivity contribution in [2.24, 2.45) is 5.73 Å². The number of carboxylic acids is 1. The molecule has 0 aliphatic heterocycles. The fraction of sp³-hybridized carbons (Fsp3) is 0.385. The Morgan fingerprint density at radius 2 is 2.22 bits per heavy atom. The lowest BCUT2D eigenvalue weighted by Gasteiger charge is -2.11. The number of fused-ring (bicyclic) bond motifs is 1. The van der Waals surface area contributed by atoms with Crippen molar-refractivity contribution in [2.75, 3.05) is 0 Å². The first-order valence-corrected chi connectivity index (χ1v) is 6.06. The molecular formula is C13H17N3O2. The number of aryl methyl sites for hydroxylation is 1. The molecule has 1 atom stereocenters. The summed E-state index contributed by atoms with van der Waals surface area (Å²) < 4.78 is 1.91. The van der Waals surface area contributed by atoms with E-state index >= 15 is 0 Å². The van der Waals surface area contributed by atoms with E-state index in [0.29, 0.717) is 0 Å². The normalized spacial score (nSPS) is 12.8. The quantitative estimate of drug-likeness (QED) is 0.836. The summed E-state index contributed by atoms with van der Waals surface area (Å²) in [6.45, 7) is 2.33. The van der Waals surface area contributed by atoms with Gasteiger partial charge in [0.1, 0.15) is 11.9 Å². The maximum Gasteiger partial charge on any atom is 0.322 e. The highest BCUT2D eigenvalue weighted by atomic mass is 16.4. The largest absolute Gasteiger partial charge is 0.480 e. The van der Waals surface area contributed by atoms with Crippen LogP contribution in [0.1, 0.15) is 19.2 Å². The molecule has 96 valence electrons. The number of imidazole rings is 1. The van der Waals surface area contributed by atoms with Gasteiger partial charge in [0.05, 0.1) is 17.6 Å². The van der Waals surface area contributed by atoms with E-state index in [0.717, 1.165) is 29.7 Å². The predicted octanol–water partition coefficient (Wildman–Crippen LogP) is 1.40. The van der Waals surface area contributed by atoms with Crippen LogP contribution in [0.2, 0.25) is 0 Å². The van der Waals surface area contributed by atoms with E-state index in [1.54, 1.807) is 0 Å². The first-order valence-electron chi connectivity index (χ1n) is 6.06. The minimum atomic E-state index is -0.991. The molecule has 5 heteroatoms. The van der Waals surface area contributed by atoms with Crippen molar-refractivity contribution in [3.63, 3.8) is 0 Å². The Kier molecular flexibility index (Phi) is 3.62.